The van der Waals surface area contributed by atoms with Gasteiger partial charge in [0.25, 0.3) is 0 Å². The van der Waals surface area contributed by atoms with Crippen molar-refractivity contribution in [2.75, 3.05) is 39.4 Å². The lowest BCUT2D eigenvalue weighted by molar-refractivity contribution is -0.132. The van der Waals surface area contributed by atoms with Crippen molar-refractivity contribution >= 4 is 18.3 Å². The summed E-state index contributed by atoms with van der Waals surface area (Å²) in [6.45, 7) is 9.14. The third kappa shape index (κ3) is 7.75. The van der Waals surface area contributed by atoms with E-state index in [9.17, 15) is 4.79 Å². The molecule has 1 N–H and O–H groups in total. The SMILES string of the molecule is CCOCCN(CC)C(=O)CCC1CCNCC1.Cl. The fourth-order valence-electron chi connectivity index (χ4n) is 2.43. The van der Waals surface area contributed by atoms with Crippen molar-refractivity contribution in [2.45, 2.75) is 39.5 Å². The predicted molar refractivity (Wildman–Crippen MR) is 80.8 cm³/mol. The lowest BCUT2D eigenvalue weighted by Crippen LogP contribution is -2.34. The quantitative estimate of drug-likeness (QED) is 0.697. The second-order valence-corrected chi connectivity index (χ2v) is 4.90. The van der Waals surface area contributed by atoms with E-state index in [1.807, 2.05) is 18.7 Å². The molecule has 0 unspecified atom stereocenters. The van der Waals surface area contributed by atoms with Crippen LogP contribution in [-0.4, -0.2) is 50.2 Å². The van der Waals surface area contributed by atoms with Crippen LogP contribution in [0.2, 0.25) is 0 Å². The number of hydrogen-bond acceptors (Lipinski definition) is 3. The van der Waals surface area contributed by atoms with E-state index in [1.165, 1.54) is 12.8 Å². The Morgan fingerprint density at radius 2 is 2.00 bits per heavy atom. The topological polar surface area (TPSA) is 41.6 Å². The summed E-state index contributed by atoms with van der Waals surface area (Å²) in [5, 5.41) is 3.36. The summed E-state index contributed by atoms with van der Waals surface area (Å²) in [6, 6.07) is 0. The Bertz CT molecular complexity index is 233. The van der Waals surface area contributed by atoms with Gasteiger partial charge in [-0.05, 0) is 52.1 Å². The maximum atomic E-state index is 12.1. The number of halogens is 1. The third-order valence-electron chi connectivity index (χ3n) is 3.67. The van der Waals surface area contributed by atoms with Crippen LogP contribution in [0.3, 0.4) is 0 Å². The summed E-state index contributed by atoms with van der Waals surface area (Å²) in [7, 11) is 0. The highest BCUT2D eigenvalue weighted by atomic mass is 35.5. The first-order chi connectivity index (χ1) is 8.77. The maximum absolute atomic E-state index is 12.1. The molecule has 1 fully saturated rings. The summed E-state index contributed by atoms with van der Waals surface area (Å²) in [6.07, 6.45) is 4.19. The second-order valence-electron chi connectivity index (χ2n) is 4.90. The largest absolute Gasteiger partial charge is 0.380 e. The second kappa shape index (κ2) is 11.5. The van der Waals surface area contributed by atoms with Crippen LogP contribution in [0, 0.1) is 5.92 Å². The number of likely N-dealkylation sites (N-methyl/N-ethyl adjacent to an activating group) is 1. The van der Waals surface area contributed by atoms with Crippen LogP contribution < -0.4 is 5.32 Å². The molecule has 19 heavy (non-hydrogen) atoms. The molecule has 0 aromatic rings. The van der Waals surface area contributed by atoms with E-state index in [4.69, 9.17) is 4.74 Å². The molecule has 1 rings (SSSR count). The molecule has 0 aromatic heterocycles. The van der Waals surface area contributed by atoms with Gasteiger partial charge in [-0.15, -0.1) is 12.4 Å². The molecule has 0 atom stereocenters. The van der Waals surface area contributed by atoms with Crippen LogP contribution in [-0.2, 0) is 9.53 Å². The molecular formula is C14H29ClN2O2. The standard InChI is InChI=1S/C14H28N2O2.ClH/c1-3-16(11-12-18-4-2)14(17)6-5-13-7-9-15-10-8-13;/h13,15H,3-12H2,1-2H3;1H. The number of nitrogens with zero attached hydrogens (tertiary/aromatic N) is 1. The molecule has 1 aliphatic rings. The average molecular weight is 293 g/mol. The summed E-state index contributed by atoms with van der Waals surface area (Å²) in [5.74, 6) is 1.02. The van der Waals surface area contributed by atoms with E-state index >= 15 is 0 Å². The first-order valence-corrected chi connectivity index (χ1v) is 7.34. The summed E-state index contributed by atoms with van der Waals surface area (Å²) in [4.78, 5) is 14.0. The highest BCUT2D eigenvalue weighted by Crippen LogP contribution is 2.18. The monoisotopic (exact) mass is 292 g/mol. The van der Waals surface area contributed by atoms with Crippen LogP contribution in [0.1, 0.15) is 39.5 Å². The number of carbonyl (C=O) groups is 1. The number of nitrogens with one attached hydrogen (secondary N) is 1. The van der Waals surface area contributed by atoms with E-state index < -0.39 is 0 Å². The van der Waals surface area contributed by atoms with Gasteiger partial charge in [0, 0.05) is 26.1 Å². The van der Waals surface area contributed by atoms with Crippen molar-refractivity contribution in [1.29, 1.82) is 0 Å². The van der Waals surface area contributed by atoms with Gasteiger partial charge in [0.1, 0.15) is 0 Å². The highest BCUT2D eigenvalue weighted by molar-refractivity contribution is 5.85. The zero-order valence-corrected chi connectivity index (χ0v) is 13.1. The van der Waals surface area contributed by atoms with Crippen molar-refractivity contribution in [2.24, 2.45) is 5.92 Å². The van der Waals surface area contributed by atoms with Crippen LogP contribution in [0.25, 0.3) is 0 Å². The zero-order chi connectivity index (χ0) is 13.2. The van der Waals surface area contributed by atoms with Crippen molar-refractivity contribution in [3.05, 3.63) is 0 Å². The van der Waals surface area contributed by atoms with Crippen LogP contribution in [0.5, 0.6) is 0 Å². The van der Waals surface area contributed by atoms with Gasteiger partial charge in [-0.2, -0.15) is 0 Å². The lowest BCUT2D eigenvalue weighted by Gasteiger charge is -2.25. The summed E-state index contributed by atoms with van der Waals surface area (Å²) < 4.78 is 5.31. The summed E-state index contributed by atoms with van der Waals surface area (Å²) in [5.41, 5.74) is 0. The van der Waals surface area contributed by atoms with E-state index in [2.05, 4.69) is 5.32 Å². The molecule has 5 heteroatoms. The Hall–Kier alpha value is -0.320. The van der Waals surface area contributed by atoms with Gasteiger partial charge in [-0.1, -0.05) is 0 Å². The van der Waals surface area contributed by atoms with E-state index in [0.717, 1.165) is 45.1 Å². The Morgan fingerprint density at radius 1 is 1.32 bits per heavy atom. The smallest absolute Gasteiger partial charge is 0.222 e. The number of rotatable bonds is 8. The van der Waals surface area contributed by atoms with Gasteiger partial charge in [-0.25, -0.2) is 0 Å². The Balaban J connectivity index is 0.00000324. The van der Waals surface area contributed by atoms with Crippen LogP contribution in [0.15, 0.2) is 0 Å². The first kappa shape index (κ1) is 18.7. The maximum Gasteiger partial charge on any atom is 0.222 e. The average Bonchev–Trinajstić information content (AvgIpc) is 2.42. The third-order valence-corrected chi connectivity index (χ3v) is 3.67. The van der Waals surface area contributed by atoms with E-state index in [1.54, 1.807) is 0 Å². The molecule has 1 amide bonds. The van der Waals surface area contributed by atoms with Gasteiger partial charge >= 0.3 is 0 Å². The molecule has 0 bridgehead atoms. The predicted octanol–water partition coefficient (Wildman–Crippen LogP) is 2.07. The zero-order valence-electron chi connectivity index (χ0n) is 12.3. The van der Waals surface area contributed by atoms with Crippen molar-refractivity contribution in [3.8, 4) is 0 Å². The van der Waals surface area contributed by atoms with Crippen molar-refractivity contribution in [1.82, 2.24) is 10.2 Å². The Kier molecular flexibility index (Phi) is 11.3. The number of piperidine rings is 1. The van der Waals surface area contributed by atoms with Gasteiger partial charge in [0.15, 0.2) is 0 Å². The van der Waals surface area contributed by atoms with Crippen LogP contribution >= 0.6 is 12.4 Å². The fourth-order valence-corrected chi connectivity index (χ4v) is 2.43. The number of amides is 1. The molecular weight excluding hydrogens is 264 g/mol. The summed E-state index contributed by atoms with van der Waals surface area (Å²) >= 11 is 0. The van der Waals surface area contributed by atoms with Crippen molar-refractivity contribution in [3.63, 3.8) is 0 Å². The van der Waals surface area contributed by atoms with Crippen molar-refractivity contribution < 1.29 is 9.53 Å². The highest BCUT2D eigenvalue weighted by Gasteiger charge is 2.17. The molecule has 0 aliphatic carbocycles. The molecule has 1 aliphatic heterocycles. The molecule has 0 aromatic carbocycles. The molecule has 114 valence electrons. The molecule has 0 radical (unpaired) electrons. The number of carbonyl (C=O) groups excluding carboxylic acids is 1. The molecule has 0 saturated carbocycles. The lowest BCUT2D eigenvalue weighted by atomic mass is 9.93. The normalized spacial score (nSPS) is 15.9. The minimum atomic E-state index is 0. The van der Waals surface area contributed by atoms with E-state index in [-0.39, 0.29) is 18.3 Å². The van der Waals surface area contributed by atoms with Crippen LogP contribution in [0.4, 0.5) is 0 Å². The van der Waals surface area contributed by atoms with Gasteiger partial charge in [0.05, 0.1) is 6.61 Å². The fraction of sp³-hybridized carbons (Fsp3) is 0.929. The first-order valence-electron chi connectivity index (χ1n) is 7.34. The Morgan fingerprint density at radius 3 is 2.58 bits per heavy atom. The molecule has 1 saturated heterocycles. The molecule has 1 heterocycles. The number of hydrogen-bond donors (Lipinski definition) is 1. The van der Waals surface area contributed by atoms with E-state index in [0.29, 0.717) is 13.0 Å². The number of ether oxygens (including phenoxy) is 1. The minimum Gasteiger partial charge on any atom is -0.380 e. The Labute approximate surface area is 123 Å². The van der Waals surface area contributed by atoms with Gasteiger partial charge < -0.3 is 15.0 Å². The molecule has 4 nitrogen and oxygen atoms in total. The van der Waals surface area contributed by atoms with Gasteiger partial charge in [-0.3, -0.25) is 4.79 Å². The molecule has 0 spiro atoms. The van der Waals surface area contributed by atoms with Gasteiger partial charge in [0.2, 0.25) is 5.91 Å². The minimum absolute atomic E-state index is 0.